The summed E-state index contributed by atoms with van der Waals surface area (Å²) in [5.74, 6) is 1.37. The van der Waals surface area contributed by atoms with Crippen LogP contribution in [0.5, 0.6) is 11.5 Å². The quantitative estimate of drug-likeness (QED) is 0.709. The van der Waals surface area contributed by atoms with Crippen molar-refractivity contribution < 1.29 is 9.47 Å². The molecule has 6 heteroatoms. The number of hydrogen-bond donors (Lipinski definition) is 0. The maximum absolute atomic E-state index is 5.49. The van der Waals surface area contributed by atoms with E-state index < -0.39 is 0 Å². The molecule has 0 amide bonds. The number of fused-ring (bicyclic) bond motifs is 1. The zero-order chi connectivity index (χ0) is 18.8. The SMILES string of the molecule is COc1cc2nncc(N3CCN(C)C(c4ccccc4)C3)c2cc1OC. The number of hydrogen-bond acceptors (Lipinski definition) is 6. The Morgan fingerprint density at radius 3 is 2.48 bits per heavy atom. The lowest BCUT2D eigenvalue weighted by molar-refractivity contribution is 0.221. The first-order chi connectivity index (χ1) is 13.2. The van der Waals surface area contributed by atoms with E-state index in [4.69, 9.17) is 9.47 Å². The van der Waals surface area contributed by atoms with E-state index in [0.717, 1.165) is 36.2 Å². The molecule has 1 unspecified atom stereocenters. The summed E-state index contributed by atoms with van der Waals surface area (Å²) in [6.07, 6.45) is 1.85. The molecular formula is C21H24N4O2. The zero-order valence-electron chi connectivity index (χ0n) is 15.9. The molecule has 1 aromatic heterocycles. The average molecular weight is 364 g/mol. The molecule has 1 aliphatic heterocycles. The fourth-order valence-corrected chi connectivity index (χ4v) is 3.75. The smallest absolute Gasteiger partial charge is 0.162 e. The molecule has 1 atom stereocenters. The van der Waals surface area contributed by atoms with Crippen molar-refractivity contribution in [3.05, 3.63) is 54.2 Å². The van der Waals surface area contributed by atoms with Gasteiger partial charge in [-0.1, -0.05) is 30.3 Å². The van der Waals surface area contributed by atoms with Crippen LogP contribution in [0.1, 0.15) is 11.6 Å². The molecule has 2 heterocycles. The lowest BCUT2D eigenvalue weighted by atomic mass is 10.0. The molecule has 140 valence electrons. The minimum Gasteiger partial charge on any atom is -0.493 e. The van der Waals surface area contributed by atoms with E-state index in [-0.39, 0.29) is 0 Å². The van der Waals surface area contributed by atoms with Gasteiger partial charge in [-0.2, -0.15) is 10.2 Å². The summed E-state index contributed by atoms with van der Waals surface area (Å²) in [7, 11) is 5.47. The van der Waals surface area contributed by atoms with Gasteiger partial charge in [-0.15, -0.1) is 0 Å². The van der Waals surface area contributed by atoms with Crippen LogP contribution < -0.4 is 14.4 Å². The van der Waals surface area contributed by atoms with Gasteiger partial charge in [0.2, 0.25) is 0 Å². The lowest BCUT2D eigenvalue weighted by Gasteiger charge is -2.41. The topological polar surface area (TPSA) is 50.7 Å². The molecule has 0 radical (unpaired) electrons. The first-order valence-electron chi connectivity index (χ1n) is 9.09. The minimum atomic E-state index is 0.336. The standard InChI is InChI=1S/C21H24N4O2/c1-24-9-10-25(14-19(24)15-7-5-4-6-8-15)18-13-22-23-17-12-21(27-3)20(26-2)11-16(17)18/h4-8,11-13,19H,9-10,14H2,1-3H3. The highest BCUT2D eigenvalue weighted by molar-refractivity contribution is 5.93. The second kappa shape index (κ2) is 7.40. The van der Waals surface area contributed by atoms with E-state index >= 15 is 0 Å². The predicted molar refractivity (Wildman–Crippen MR) is 107 cm³/mol. The Morgan fingerprint density at radius 2 is 1.74 bits per heavy atom. The van der Waals surface area contributed by atoms with Gasteiger partial charge < -0.3 is 14.4 Å². The van der Waals surface area contributed by atoms with E-state index in [1.54, 1.807) is 14.2 Å². The van der Waals surface area contributed by atoms with Gasteiger partial charge in [-0.05, 0) is 18.7 Å². The van der Waals surface area contributed by atoms with E-state index in [1.807, 2.05) is 18.3 Å². The fourth-order valence-electron chi connectivity index (χ4n) is 3.75. The summed E-state index contributed by atoms with van der Waals surface area (Å²) in [5.41, 5.74) is 3.21. The largest absolute Gasteiger partial charge is 0.493 e. The molecule has 1 aliphatic rings. The van der Waals surface area contributed by atoms with Crippen molar-refractivity contribution in [2.45, 2.75) is 6.04 Å². The summed E-state index contributed by atoms with van der Waals surface area (Å²) in [5, 5.41) is 9.55. The van der Waals surface area contributed by atoms with E-state index in [2.05, 4.69) is 57.4 Å². The zero-order valence-corrected chi connectivity index (χ0v) is 15.9. The molecule has 4 rings (SSSR count). The molecule has 2 aromatic carbocycles. The molecule has 0 aliphatic carbocycles. The number of likely N-dealkylation sites (N-methyl/N-ethyl adjacent to an activating group) is 1. The van der Waals surface area contributed by atoms with Crippen molar-refractivity contribution in [2.24, 2.45) is 0 Å². The Labute approximate surface area is 159 Å². The molecule has 27 heavy (non-hydrogen) atoms. The van der Waals surface area contributed by atoms with Crippen molar-refractivity contribution in [1.82, 2.24) is 15.1 Å². The van der Waals surface area contributed by atoms with Crippen molar-refractivity contribution in [2.75, 3.05) is 45.8 Å². The van der Waals surface area contributed by atoms with Crippen LogP contribution in [0.15, 0.2) is 48.7 Å². The highest BCUT2D eigenvalue weighted by Gasteiger charge is 2.27. The highest BCUT2D eigenvalue weighted by Crippen LogP contribution is 2.36. The number of nitrogens with zero attached hydrogens (tertiary/aromatic N) is 4. The van der Waals surface area contributed by atoms with Crippen LogP contribution in [0.3, 0.4) is 0 Å². The summed E-state index contributed by atoms with van der Waals surface area (Å²) >= 11 is 0. The molecule has 6 nitrogen and oxygen atoms in total. The summed E-state index contributed by atoms with van der Waals surface area (Å²) < 4.78 is 10.9. The molecule has 0 saturated carbocycles. The van der Waals surface area contributed by atoms with Gasteiger partial charge in [0.15, 0.2) is 11.5 Å². The van der Waals surface area contributed by atoms with Crippen LogP contribution in [-0.4, -0.2) is 56.0 Å². The number of rotatable bonds is 4. The van der Waals surface area contributed by atoms with Gasteiger partial charge in [0.05, 0.1) is 37.7 Å². The Morgan fingerprint density at radius 1 is 1.00 bits per heavy atom. The Kier molecular flexibility index (Phi) is 4.81. The van der Waals surface area contributed by atoms with Crippen molar-refractivity contribution in [1.29, 1.82) is 0 Å². The van der Waals surface area contributed by atoms with E-state index in [9.17, 15) is 0 Å². The molecule has 0 spiro atoms. The van der Waals surface area contributed by atoms with Gasteiger partial charge in [-0.3, -0.25) is 4.90 Å². The Hall–Kier alpha value is -2.86. The van der Waals surface area contributed by atoms with Gasteiger partial charge >= 0.3 is 0 Å². The summed E-state index contributed by atoms with van der Waals surface area (Å²) in [6, 6.07) is 14.9. The van der Waals surface area contributed by atoms with Gasteiger partial charge in [-0.25, -0.2) is 0 Å². The molecule has 1 saturated heterocycles. The van der Waals surface area contributed by atoms with Crippen LogP contribution in [-0.2, 0) is 0 Å². The molecule has 0 N–H and O–H groups in total. The summed E-state index contributed by atoms with van der Waals surface area (Å²) in [6.45, 7) is 2.82. The predicted octanol–water partition coefficient (Wildman–Crippen LogP) is 3.14. The number of anilines is 1. The molecule has 1 fully saturated rings. The van der Waals surface area contributed by atoms with Crippen molar-refractivity contribution in [3.8, 4) is 11.5 Å². The monoisotopic (exact) mass is 364 g/mol. The third kappa shape index (κ3) is 3.28. The minimum absolute atomic E-state index is 0.336. The Bertz CT molecular complexity index is 932. The molecule has 0 bridgehead atoms. The third-order valence-electron chi connectivity index (χ3n) is 5.30. The van der Waals surface area contributed by atoms with Crippen LogP contribution in [0.2, 0.25) is 0 Å². The number of methoxy groups -OCH3 is 2. The normalized spacial score (nSPS) is 17.9. The van der Waals surface area contributed by atoms with Crippen LogP contribution in [0.4, 0.5) is 5.69 Å². The first kappa shape index (κ1) is 17.5. The molecule has 3 aromatic rings. The number of aromatic nitrogens is 2. The number of piperazine rings is 1. The Balaban J connectivity index is 1.73. The second-order valence-electron chi connectivity index (χ2n) is 6.81. The number of benzene rings is 2. The van der Waals surface area contributed by atoms with Crippen LogP contribution in [0.25, 0.3) is 10.9 Å². The van der Waals surface area contributed by atoms with E-state index in [1.165, 1.54) is 5.56 Å². The first-order valence-corrected chi connectivity index (χ1v) is 9.09. The second-order valence-corrected chi connectivity index (χ2v) is 6.81. The fraction of sp³-hybridized carbons (Fsp3) is 0.333. The van der Waals surface area contributed by atoms with E-state index in [0.29, 0.717) is 17.5 Å². The average Bonchev–Trinajstić information content (AvgIpc) is 2.73. The lowest BCUT2D eigenvalue weighted by Crippen LogP contribution is -2.46. The van der Waals surface area contributed by atoms with Gasteiger partial charge in [0.25, 0.3) is 0 Å². The van der Waals surface area contributed by atoms with Gasteiger partial charge in [0, 0.05) is 31.1 Å². The third-order valence-corrected chi connectivity index (χ3v) is 5.30. The molecular weight excluding hydrogens is 340 g/mol. The van der Waals surface area contributed by atoms with Crippen LogP contribution >= 0.6 is 0 Å². The number of ether oxygens (including phenoxy) is 2. The maximum Gasteiger partial charge on any atom is 0.162 e. The van der Waals surface area contributed by atoms with Crippen LogP contribution in [0, 0.1) is 0 Å². The summed E-state index contributed by atoms with van der Waals surface area (Å²) in [4.78, 5) is 4.80. The maximum atomic E-state index is 5.49. The van der Waals surface area contributed by atoms with Crippen molar-refractivity contribution >= 4 is 16.6 Å². The highest BCUT2D eigenvalue weighted by atomic mass is 16.5. The van der Waals surface area contributed by atoms with Gasteiger partial charge in [0.1, 0.15) is 0 Å². The van der Waals surface area contributed by atoms with Crippen molar-refractivity contribution in [3.63, 3.8) is 0 Å².